The highest BCUT2D eigenvalue weighted by molar-refractivity contribution is 6.76. The summed E-state index contributed by atoms with van der Waals surface area (Å²) in [5.41, 5.74) is 3.62. The van der Waals surface area contributed by atoms with E-state index in [2.05, 4.69) is 34.2 Å². The monoisotopic (exact) mass is 447 g/mol. The molecule has 166 valence electrons. The topological polar surface area (TPSA) is 69.4 Å². The van der Waals surface area contributed by atoms with Crippen molar-refractivity contribution in [2.24, 2.45) is 0 Å². The van der Waals surface area contributed by atoms with E-state index in [0.29, 0.717) is 12.6 Å². The first-order valence-electron chi connectivity index (χ1n) is 10.8. The maximum Gasteiger partial charge on any atom is 0.231 e. The Balaban J connectivity index is 1.72. The molecule has 7 heteroatoms. The van der Waals surface area contributed by atoms with E-state index in [9.17, 15) is 5.11 Å². The molecular formula is C25H29N3O3Si. The molecule has 0 saturated carbocycles. The molecule has 0 aliphatic rings. The Labute approximate surface area is 189 Å². The average molecular weight is 448 g/mol. The molecule has 0 saturated heterocycles. The van der Waals surface area contributed by atoms with E-state index in [1.165, 1.54) is 6.33 Å². The molecule has 0 spiro atoms. The molecule has 1 N–H and O–H groups in total. The SMILES string of the molecule is C[Si](C)(C)CCOCn1c(-c2ccc(CO)cc2)cc2c(Oc3ccccc3)ncnc21. The molecule has 0 aliphatic heterocycles. The van der Waals surface area contributed by atoms with Crippen LogP contribution >= 0.6 is 0 Å². The molecule has 0 amide bonds. The summed E-state index contributed by atoms with van der Waals surface area (Å²) in [6.07, 6.45) is 1.53. The second-order valence-corrected chi connectivity index (χ2v) is 14.6. The standard InChI is InChI=1S/C25H29N3O3Si/c1-32(2,3)14-13-30-18-28-23(20-11-9-19(16-29)10-12-20)15-22-24(28)26-17-27-25(22)31-21-7-5-4-6-8-21/h4-12,15,17,29H,13-14,16,18H2,1-3H3. The van der Waals surface area contributed by atoms with Gasteiger partial charge >= 0.3 is 0 Å². The number of fused-ring (bicyclic) bond motifs is 1. The maximum atomic E-state index is 9.40. The fraction of sp³-hybridized carbons (Fsp3) is 0.280. The lowest BCUT2D eigenvalue weighted by atomic mass is 10.1. The average Bonchev–Trinajstić information content (AvgIpc) is 3.16. The van der Waals surface area contributed by atoms with Gasteiger partial charge in [0.15, 0.2) is 0 Å². The minimum atomic E-state index is -1.18. The number of aliphatic hydroxyl groups is 1. The quantitative estimate of drug-likeness (QED) is 0.263. The van der Waals surface area contributed by atoms with E-state index < -0.39 is 8.07 Å². The predicted molar refractivity (Wildman–Crippen MR) is 130 cm³/mol. The molecule has 0 unspecified atom stereocenters. The number of para-hydroxylation sites is 1. The zero-order valence-electron chi connectivity index (χ0n) is 18.8. The van der Waals surface area contributed by atoms with Crippen LogP contribution in [0.4, 0.5) is 0 Å². The van der Waals surface area contributed by atoms with Crippen molar-refractivity contribution in [3.8, 4) is 22.9 Å². The number of rotatable bonds is 9. The Bertz CT molecular complexity index is 1170. The highest BCUT2D eigenvalue weighted by atomic mass is 28.3. The van der Waals surface area contributed by atoms with E-state index in [0.717, 1.165) is 46.3 Å². The lowest BCUT2D eigenvalue weighted by Gasteiger charge is -2.16. The van der Waals surface area contributed by atoms with Crippen LogP contribution in [0.1, 0.15) is 5.56 Å². The van der Waals surface area contributed by atoms with Crippen LogP contribution in [0.2, 0.25) is 25.7 Å². The maximum absolute atomic E-state index is 9.40. The summed E-state index contributed by atoms with van der Waals surface area (Å²) < 4.78 is 14.2. The molecule has 0 radical (unpaired) electrons. The van der Waals surface area contributed by atoms with Gasteiger partial charge in [0.1, 0.15) is 24.5 Å². The third kappa shape index (κ3) is 5.24. The summed E-state index contributed by atoms with van der Waals surface area (Å²) in [6, 6.07) is 20.6. The van der Waals surface area contributed by atoms with Crippen LogP contribution in [0.25, 0.3) is 22.3 Å². The molecule has 0 bridgehead atoms. The number of nitrogens with zero attached hydrogens (tertiary/aromatic N) is 3. The third-order valence-corrected chi connectivity index (χ3v) is 6.96. The summed E-state index contributed by atoms with van der Waals surface area (Å²) in [5, 5.41) is 10.2. The molecule has 2 aromatic heterocycles. The minimum absolute atomic E-state index is 0.0175. The van der Waals surface area contributed by atoms with Crippen molar-refractivity contribution in [1.82, 2.24) is 14.5 Å². The molecule has 2 aromatic carbocycles. The first-order valence-corrected chi connectivity index (χ1v) is 14.5. The molecule has 4 aromatic rings. The van der Waals surface area contributed by atoms with E-state index >= 15 is 0 Å². The van der Waals surface area contributed by atoms with E-state index in [1.807, 2.05) is 60.7 Å². The van der Waals surface area contributed by atoms with Crippen LogP contribution in [0, 0.1) is 0 Å². The van der Waals surface area contributed by atoms with Gasteiger partial charge in [0.2, 0.25) is 5.88 Å². The Morgan fingerprint density at radius 2 is 1.72 bits per heavy atom. The van der Waals surface area contributed by atoms with E-state index in [1.54, 1.807) is 0 Å². The first-order chi connectivity index (χ1) is 15.4. The summed E-state index contributed by atoms with van der Waals surface area (Å²) in [4.78, 5) is 8.94. The smallest absolute Gasteiger partial charge is 0.231 e. The fourth-order valence-corrected chi connectivity index (χ4v) is 4.16. The van der Waals surface area contributed by atoms with Crippen molar-refractivity contribution >= 4 is 19.1 Å². The van der Waals surface area contributed by atoms with Gasteiger partial charge in [-0.1, -0.05) is 62.1 Å². The van der Waals surface area contributed by atoms with Crippen LogP contribution in [0.15, 0.2) is 67.0 Å². The second kappa shape index (κ2) is 9.64. The Morgan fingerprint density at radius 1 is 0.969 bits per heavy atom. The minimum Gasteiger partial charge on any atom is -0.438 e. The van der Waals surface area contributed by atoms with Crippen LogP contribution < -0.4 is 4.74 Å². The first kappa shape index (κ1) is 22.2. The van der Waals surface area contributed by atoms with Gasteiger partial charge < -0.3 is 19.1 Å². The molecule has 0 fully saturated rings. The van der Waals surface area contributed by atoms with Gasteiger partial charge in [0.05, 0.1) is 17.7 Å². The molecule has 2 heterocycles. The lowest BCUT2D eigenvalue weighted by Crippen LogP contribution is -2.22. The van der Waals surface area contributed by atoms with Crippen molar-refractivity contribution in [2.75, 3.05) is 6.61 Å². The van der Waals surface area contributed by atoms with Crippen LogP contribution in [0.5, 0.6) is 11.6 Å². The zero-order valence-corrected chi connectivity index (χ0v) is 19.8. The highest BCUT2D eigenvalue weighted by Crippen LogP contribution is 2.33. The third-order valence-electron chi connectivity index (χ3n) is 5.26. The van der Waals surface area contributed by atoms with Crippen LogP contribution in [-0.4, -0.2) is 34.3 Å². The lowest BCUT2D eigenvalue weighted by molar-refractivity contribution is 0.0909. The summed E-state index contributed by atoms with van der Waals surface area (Å²) in [7, 11) is -1.18. The van der Waals surface area contributed by atoms with Crippen LogP contribution in [0.3, 0.4) is 0 Å². The van der Waals surface area contributed by atoms with Crippen molar-refractivity contribution < 1.29 is 14.6 Å². The normalized spacial score (nSPS) is 11.8. The van der Waals surface area contributed by atoms with Crippen LogP contribution in [-0.2, 0) is 18.1 Å². The number of benzene rings is 2. The van der Waals surface area contributed by atoms with Gasteiger partial charge in [-0.25, -0.2) is 9.97 Å². The Morgan fingerprint density at radius 3 is 2.41 bits per heavy atom. The van der Waals surface area contributed by atoms with E-state index in [-0.39, 0.29) is 6.61 Å². The molecule has 6 nitrogen and oxygen atoms in total. The van der Waals surface area contributed by atoms with Gasteiger partial charge in [0.25, 0.3) is 0 Å². The number of ether oxygens (including phenoxy) is 2. The van der Waals surface area contributed by atoms with Crippen molar-refractivity contribution in [1.29, 1.82) is 0 Å². The largest absolute Gasteiger partial charge is 0.438 e. The second-order valence-electron chi connectivity index (χ2n) is 8.99. The summed E-state index contributed by atoms with van der Waals surface area (Å²) in [6.45, 7) is 8.16. The Hall–Kier alpha value is -3.00. The molecular weight excluding hydrogens is 418 g/mol. The predicted octanol–water partition coefficient (Wildman–Crippen LogP) is 5.70. The number of aliphatic hydroxyl groups excluding tert-OH is 1. The number of aromatic nitrogens is 3. The number of hydrogen-bond donors (Lipinski definition) is 1. The van der Waals surface area contributed by atoms with E-state index in [4.69, 9.17) is 9.47 Å². The molecule has 0 aliphatic carbocycles. The fourth-order valence-electron chi connectivity index (χ4n) is 3.41. The van der Waals surface area contributed by atoms with Gasteiger partial charge in [-0.05, 0) is 35.4 Å². The molecule has 32 heavy (non-hydrogen) atoms. The van der Waals surface area contributed by atoms with Gasteiger partial charge in [-0.2, -0.15) is 0 Å². The van der Waals surface area contributed by atoms with Crippen molar-refractivity contribution in [3.05, 3.63) is 72.6 Å². The zero-order chi connectivity index (χ0) is 22.6. The molecule has 0 atom stereocenters. The highest BCUT2D eigenvalue weighted by Gasteiger charge is 2.18. The number of hydrogen-bond acceptors (Lipinski definition) is 5. The summed E-state index contributed by atoms with van der Waals surface area (Å²) >= 11 is 0. The van der Waals surface area contributed by atoms with Crippen molar-refractivity contribution in [2.45, 2.75) is 39.0 Å². The molecule has 4 rings (SSSR count). The Kier molecular flexibility index (Phi) is 6.69. The van der Waals surface area contributed by atoms with Gasteiger partial charge in [-0.15, -0.1) is 0 Å². The van der Waals surface area contributed by atoms with Gasteiger partial charge in [0, 0.05) is 14.7 Å². The summed E-state index contributed by atoms with van der Waals surface area (Å²) in [5.74, 6) is 1.23. The van der Waals surface area contributed by atoms with Gasteiger partial charge in [-0.3, -0.25) is 0 Å². The van der Waals surface area contributed by atoms with Crippen molar-refractivity contribution in [3.63, 3.8) is 0 Å².